The van der Waals surface area contributed by atoms with E-state index in [4.69, 9.17) is 5.10 Å². The van der Waals surface area contributed by atoms with Crippen molar-refractivity contribution >= 4 is 65.2 Å². The molecule has 0 N–H and O–H groups in total. The van der Waals surface area contributed by atoms with Crippen LogP contribution in [0.15, 0.2) is 212 Å². The quantitative estimate of drug-likeness (QED) is 0.162. The van der Waals surface area contributed by atoms with E-state index in [0.717, 1.165) is 44.6 Å². The van der Waals surface area contributed by atoms with Gasteiger partial charge in [-0.25, -0.2) is 0 Å². The van der Waals surface area contributed by atoms with Gasteiger partial charge in [-0.05, 0) is 122 Å². The molecule has 3 heterocycles. The largest absolute Gasteiger partial charge is 0.309 e. The fraction of sp³-hybridized carbons (Fsp3) is 0.0909. The molecule has 0 bridgehead atoms. The maximum atomic E-state index is 5.67. The van der Waals surface area contributed by atoms with Crippen molar-refractivity contribution in [2.45, 2.75) is 38.5 Å². The molecule has 10 aromatic carbocycles. The smallest absolute Gasteiger partial charge is 0.238 e. The number of rotatable bonds is 4. The van der Waals surface area contributed by atoms with Crippen molar-refractivity contribution in [2.75, 3.05) is 0 Å². The minimum atomic E-state index is -0.156. The van der Waals surface area contributed by atoms with Gasteiger partial charge in [0.05, 0.1) is 27.5 Å². The first-order valence-electron chi connectivity index (χ1n) is 24.5. The molecule has 4 nitrogen and oxygen atoms in total. The van der Waals surface area contributed by atoms with Crippen molar-refractivity contribution in [1.82, 2.24) is 14.2 Å². The second-order valence-corrected chi connectivity index (χ2v) is 20.6. The van der Waals surface area contributed by atoms with E-state index in [-0.39, 0.29) is 10.8 Å². The highest BCUT2D eigenvalue weighted by Gasteiger charge is 2.38. The predicted molar refractivity (Wildman–Crippen MR) is 290 cm³/mol. The molecular weight excluding hydrogens is 849 g/mol. The fourth-order valence-corrected chi connectivity index (χ4v) is 12.7. The van der Waals surface area contributed by atoms with Crippen molar-refractivity contribution in [1.29, 1.82) is 0 Å². The molecule has 0 atom stereocenters. The molecule has 0 radical (unpaired) electrons. The van der Waals surface area contributed by atoms with Crippen LogP contribution in [-0.2, 0) is 10.8 Å². The first-order valence-corrected chi connectivity index (χ1v) is 24.5. The van der Waals surface area contributed by atoms with Crippen LogP contribution in [0.25, 0.3) is 116 Å². The average Bonchev–Trinajstić information content (AvgIpc) is 4.06. The summed E-state index contributed by atoms with van der Waals surface area (Å²) in [5.74, 6) is 0. The average molecular weight is 896 g/mol. The summed E-state index contributed by atoms with van der Waals surface area (Å²) >= 11 is 0. The van der Waals surface area contributed by atoms with Gasteiger partial charge in [0.25, 0.3) is 0 Å². The van der Waals surface area contributed by atoms with E-state index in [1.165, 1.54) is 93.4 Å². The van der Waals surface area contributed by atoms with Gasteiger partial charge < -0.3 is 9.13 Å². The van der Waals surface area contributed by atoms with Gasteiger partial charge in [-0.1, -0.05) is 160 Å². The minimum Gasteiger partial charge on any atom is -0.309 e. The van der Waals surface area contributed by atoms with Crippen LogP contribution in [0, 0.1) is 0 Å². The van der Waals surface area contributed by atoms with Crippen molar-refractivity contribution < 1.29 is 4.68 Å². The van der Waals surface area contributed by atoms with E-state index in [2.05, 4.69) is 254 Å². The van der Waals surface area contributed by atoms with Gasteiger partial charge in [-0.2, -0.15) is 0 Å². The van der Waals surface area contributed by atoms with Crippen molar-refractivity contribution in [3.05, 3.63) is 235 Å². The predicted octanol–water partition coefficient (Wildman–Crippen LogP) is 16.1. The van der Waals surface area contributed by atoms with Crippen LogP contribution in [-0.4, -0.2) is 14.2 Å². The van der Waals surface area contributed by atoms with Crippen molar-refractivity contribution in [3.63, 3.8) is 0 Å². The number of hydrogen-bond donors (Lipinski definition) is 0. The Labute approximate surface area is 405 Å². The summed E-state index contributed by atoms with van der Waals surface area (Å²) in [6, 6.07) is 76.7. The zero-order valence-electron chi connectivity index (χ0n) is 39.5. The number of benzene rings is 10. The highest BCUT2D eigenvalue weighted by molar-refractivity contribution is 6.25. The lowest BCUT2D eigenvalue weighted by molar-refractivity contribution is -0.657. The van der Waals surface area contributed by atoms with Gasteiger partial charge in [0, 0.05) is 71.9 Å². The number of aromatic nitrogens is 4. The molecular formula is C66H47N4+. The lowest BCUT2D eigenvalue weighted by Crippen LogP contribution is -2.35. The molecule has 4 heteroatoms. The molecule has 330 valence electrons. The normalized spacial score (nSPS) is 14.2. The van der Waals surface area contributed by atoms with Crippen LogP contribution in [0.3, 0.4) is 0 Å². The molecule has 3 aromatic heterocycles. The molecule has 0 fully saturated rings. The Morgan fingerprint density at radius 2 is 0.986 bits per heavy atom. The van der Waals surface area contributed by atoms with E-state index in [0.29, 0.717) is 0 Å². The fourth-order valence-electron chi connectivity index (χ4n) is 12.7. The van der Waals surface area contributed by atoms with E-state index in [1.54, 1.807) is 0 Å². The molecule has 0 saturated heterocycles. The van der Waals surface area contributed by atoms with E-state index in [1.807, 2.05) is 0 Å². The second kappa shape index (κ2) is 14.0. The summed E-state index contributed by atoms with van der Waals surface area (Å²) in [5, 5.41) is 15.4. The zero-order chi connectivity index (χ0) is 46.6. The molecule has 2 aliphatic rings. The van der Waals surface area contributed by atoms with Gasteiger partial charge in [-0.3, -0.25) is 0 Å². The standard InChI is InChI=1S/C66H47N4/c1-65(2)55-23-13-10-20-47(55)49-31-27-41(34-57(49)65)64-52-35-45(29-26-42(52)39-68(67-64)44-30-32-50-48-21-11-14-24-56(48)66(3,4)58(50)36-44)70-59-25-15-12-22-51(59)53-37-54-62(38-61(53)70)69(43-17-6-5-7-18-43)60-33-28-40-16-8-9-19-46(40)63(54)60/h5-39H,1-4H3/q+1. The Morgan fingerprint density at radius 3 is 1.77 bits per heavy atom. The number of hydrogen-bond acceptors (Lipinski definition) is 1. The van der Waals surface area contributed by atoms with Gasteiger partial charge in [-0.15, -0.1) is 0 Å². The van der Waals surface area contributed by atoms with Crippen molar-refractivity contribution in [2.24, 2.45) is 0 Å². The Kier molecular flexibility index (Phi) is 7.88. The topological polar surface area (TPSA) is 26.6 Å². The highest BCUT2D eigenvalue weighted by Crippen LogP contribution is 2.51. The molecule has 15 rings (SSSR count). The van der Waals surface area contributed by atoms with E-state index in [9.17, 15) is 0 Å². The van der Waals surface area contributed by atoms with Crippen molar-refractivity contribution in [3.8, 4) is 50.6 Å². The molecule has 0 aliphatic heterocycles. The Morgan fingerprint density at radius 1 is 0.371 bits per heavy atom. The van der Waals surface area contributed by atoms with Gasteiger partial charge in [0.15, 0.2) is 0 Å². The number of fused-ring (bicyclic) bond motifs is 15. The molecule has 2 aliphatic carbocycles. The SMILES string of the molecule is CC1(C)c2ccccc2-c2ccc(-c3n[n+](-c4ccc5c(c4)C(C)(C)c4ccccc4-5)cc4ccc(-n5c6ccccc6c6cc7c8c9ccccc9ccc8n(-c8ccccc8)c7cc65)cc34)cc21. The summed E-state index contributed by atoms with van der Waals surface area (Å²) in [7, 11) is 0. The van der Waals surface area contributed by atoms with E-state index >= 15 is 0 Å². The van der Waals surface area contributed by atoms with Crippen LogP contribution in [0.1, 0.15) is 49.9 Å². The van der Waals surface area contributed by atoms with Crippen LogP contribution in [0.5, 0.6) is 0 Å². The Balaban J connectivity index is 0.988. The van der Waals surface area contributed by atoms with Crippen LogP contribution >= 0.6 is 0 Å². The first-order chi connectivity index (χ1) is 34.2. The van der Waals surface area contributed by atoms with Gasteiger partial charge in [0.1, 0.15) is 5.69 Å². The lowest BCUT2D eigenvalue weighted by Gasteiger charge is -2.22. The third kappa shape index (κ3) is 5.31. The summed E-state index contributed by atoms with van der Waals surface area (Å²) in [4.78, 5) is 0. The maximum absolute atomic E-state index is 5.67. The van der Waals surface area contributed by atoms with Crippen LogP contribution < -0.4 is 4.68 Å². The first kappa shape index (κ1) is 39.4. The lowest BCUT2D eigenvalue weighted by atomic mass is 9.82. The Bertz CT molecular complexity index is 4410. The third-order valence-electron chi connectivity index (χ3n) is 16.2. The summed E-state index contributed by atoms with van der Waals surface area (Å²) in [5.41, 5.74) is 20.4. The second-order valence-electron chi connectivity index (χ2n) is 20.6. The summed E-state index contributed by atoms with van der Waals surface area (Å²) < 4.78 is 7.04. The maximum Gasteiger partial charge on any atom is 0.238 e. The molecule has 0 amide bonds. The number of nitrogens with zero attached hydrogens (tertiary/aromatic N) is 4. The number of para-hydroxylation sites is 2. The minimum absolute atomic E-state index is 0.130. The van der Waals surface area contributed by atoms with Crippen LogP contribution in [0.2, 0.25) is 0 Å². The molecule has 0 saturated carbocycles. The van der Waals surface area contributed by atoms with E-state index < -0.39 is 0 Å². The van der Waals surface area contributed by atoms with Gasteiger partial charge in [0.2, 0.25) is 11.9 Å². The zero-order valence-corrected chi connectivity index (χ0v) is 39.5. The highest BCUT2D eigenvalue weighted by atomic mass is 15.3. The Hall–Kier alpha value is -8.60. The molecule has 70 heavy (non-hydrogen) atoms. The molecule has 13 aromatic rings. The van der Waals surface area contributed by atoms with Crippen LogP contribution in [0.4, 0.5) is 0 Å². The summed E-state index contributed by atoms with van der Waals surface area (Å²) in [6.07, 6.45) is 2.23. The monoisotopic (exact) mass is 895 g/mol. The van der Waals surface area contributed by atoms with Gasteiger partial charge >= 0.3 is 0 Å². The molecule has 0 spiro atoms. The summed E-state index contributed by atoms with van der Waals surface area (Å²) in [6.45, 7) is 9.42. The third-order valence-corrected chi connectivity index (χ3v) is 16.2. The molecule has 0 unspecified atom stereocenters.